The van der Waals surface area contributed by atoms with Gasteiger partial charge < -0.3 is 9.84 Å². The average Bonchev–Trinajstić information content (AvgIpc) is 3.08. The lowest BCUT2D eigenvalue weighted by molar-refractivity contribution is -0.132. The van der Waals surface area contributed by atoms with Gasteiger partial charge in [-0.05, 0) is 54.4 Å². The van der Waals surface area contributed by atoms with Crippen molar-refractivity contribution in [2.75, 3.05) is 11.5 Å². The van der Waals surface area contributed by atoms with Crippen LogP contribution in [0.4, 0.5) is 14.5 Å². The highest BCUT2D eigenvalue weighted by molar-refractivity contribution is 6.51. The fourth-order valence-corrected chi connectivity index (χ4v) is 3.70. The van der Waals surface area contributed by atoms with Gasteiger partial charge in [0.2, 0.25) is 0 Å². The van der Waals surface area contributed by atoms with E-state index in [0.29, 0.717) is 24.3 Å². The van der Waals surface area contributed by atoms with Crippen molar-refractivity contribution in [2.24, 2.45) is 5.92 Å². The van der Waals surface area contributed by atoms with Crippen molar-refractivity contribution in [3.8, 4) is 5.75 Å². The summed E-state index contributed by atoms with van der Waals surface area (Å²) in [4.78, 5) is 31.2. The van der Waals surface area contributed by atoms with Crippen LogP contribution in [0.1, 0.15) is 31.1 Å². The Kier molecular flexibility index (Phi) is 6.40. The molecule has 2 aromatic carbocycles. The van der Waals surface area contributed by atoms with Crippen molar-refractivity contribution in [3.63, 3.8) is 0 Å². The lowest BCUT2D eigenvalue weighted by Gasteiger charge is -2.25. The van der Waals surface area contributed by atoms with E-state index in [-0.39, 0.29) is 22.5 Å². The Labute approximate surface area is 195 Å². The number of pyridine rings is 1. The quantitative estimate of drug-likeness (QED) is 0.315. The maximum atomic E-state index is 14.7. The van der Waals surface area contributed by atoms with Gasteiger partial charge in [0, 0.05) is 17.8 Å². The molecule has 1 atom stereocenters. The number of ketones is 1. The largest absolute Gasteiger partial charge is 0.507 e. The highest BCUT2D eigenvalue weighted by Crippen LogP contribution is 2.42. The van der Waals surface area contributed by atoms with Gasteiger partial charge >= 0.3 is 0 Å². The molecule has 1 aliphatic rings. The molecule has 0 radical (unpaired) electrons. The van der Waals surface area contributed by atoms with Crippen LogP contribution in [0.2, 0.25) is 0 Å². The highest BCUT2D eigenvalue weighted by atomic mass is 19.1. The molecule has 1 N–H and O–H groups in total. The third-order valence-corrected chi connectivity index (χ3v) is 5.29. The van der Waals surface area contributed by atoms with Gasteiger partial charge in [-0.1, -0.05) is 19.9 Å². The zero-order valence-electron chi connectivity index (χ0n) is 18.5. The van der Waals surface area contributed by atoms with Crippen molar-refractivity contribution in [1.29, 1.82) is 0 Å². The summed E-state index contributed by atoms with van der Waals surface area (Å²) in [5, 5.41) is 11.1. The van der Waals surface area contributed by atoms with Gasteiger partial charge in [-0.25, -0.2) is 8.78 Å². The number of anilines is 1. The smallest absolute Gasteiger partial charge is 0.300 e. The summed E-state index contributed by atoms with van der Waals surface area (Å²) in [6, 6.07) is 12.7. The van der Waals surface area contributed by atoms with Crippen LogP contribution in [-0.4, -0.2) is 28.4 Å². The molecular formula is C26H22F2N2O4. The zero-order valence-corrected chi connectivity index (χ0v) is 18.5. The van der Waals surface area contributed by atoms with Crippen LogP contribution in [0.5, 0.6) is 5.75 Å². The minimum atomic E-state index is -1.21. The number of carbonyl (C=O) groups is 2. The van der Waals surface area contributed by atoms with Crippen molar-refractivity contribution in [1.82, 2.24) is 4.98 Å². The number of amides is 1. The molecule has 0 bridgehead atoms. The maximum Gasteiger partial charge on any atom is 0.300 e. The summed E-state index contributed by atoms with van der Waals surface area (Å²) in [6.07, 6.45) is 1.46. The SMILES string of the molecule is CC(C)COc1ccc(/C(O)=C2\C(=O)C(=O)N(c3ccc(F)cc3F)C2c2ccccn2)cc1. The molecule has 2 heterocycles. The van der Waals surface area contributed by atoms with Crippen LogP contribution in [0.25, 0.3) is 5.76 Å². The van der Waals surface area contributed by atoms with Gasteiger partial charge in [0.05, 0.1) is 23.6 Å². The first kappa shape index (κ1) is 23.1. The van der Waals surface area contributed by atoms with Crippen LogP contribution < -0.4 is 9.64 Å². The Morgan fingerprint density at radius 1 is 1.09 bits per heavy atom. The lowest BCUT2D eigenvalue weighted by atomic mass is 9.98. The molecule has 174 valence electrons. The van der Waals surface area contributed by atoms with E-state index in [0.717, 1.165) is 17.0 Å². The van der Waals surface area contributed by atoms with E-state index in [2.05, 4.69) is 4.98 Å². The van der Waals surface area contributed by atoms with E-state index >= 15 is 0 Å². The first-order valence-electron chi connectivity index (χ1n) is 10.7. The van der Waals surface area contributed by atoms with E-state index in [9.17, 15) is 23.5 Å². The number of halogens is 2. The minimum Gasteiger partial charge on any atom is -0.507 e. The second kappa shape index (κ2) is 9.43. The van der Waals surface area contributed by atoms with Gasteiger partial charge in [-0.2, -0.15) is 0 Å². The Morgan fingerprint density at radius 2 is 1.82 bits per heavy atom. The van der Waals surface area contributed by atoms with Crippen LogP contribution >= 0.6 is 0 Å². The minimum absolute atomic E-state index is 0.240. The molecule has 1 amide bonds. The van der Waals surface area contributed by atoms with Crippen molar-refractivity contribution >= 4 is 23.1 Å². The fraction of sp³-hybridized carbons (Fsp3) is 0.192. The first-order valence-corrected chi connectivity index (χ1v) is 10.7. The number of benzene rings is 2. The normalized spacial score (nSPS) is 17.4. The average molecular weight is 464 g/mol. The number of aliphatic hydroxyl groups excluding tert-OH is 1. The molecular weight excluding hydrogens is 442 g/mol. The van der Waals surface area contributed by atoms with Crippen LogP contribution in [0, 0.1) is 17.6 Å². The molecule has 1 aliphatic heterocycles. The third-order valence-electron chi connectivity index (χ3n) is 5.29. The predicted molar refractivity (Wildman–Crippen MR) is 122 cm³/mol. The van der Waals surface area contributed by atoms with Crippen molar-refractivity contribution in [2.45, 2.75) is 19.9 Å². The zero-order chi connectivity index (χ0) is 24.4. The number of aliphatic hydroxyl groups is 1. The lowest BCUT2D eigenvalue weighted by Crippen LogP contribution is -2.30. The Balaban J connectivity index is 1.82. The second-order valence-corrected chi connectivity index (χ2v) is 8.25. The van der Waals surface area contributed by atoms with Crippen LogP contribution in [-0.2, 0) is 9.59 Å². The number of aromatic nitrogens is 1. The fourth-order valence-electron chi connectivity index (χ4n) is 3.70. The van der Waals surface area contributed by atoms with E-state index in [1.165, 1.54) is 6.20 Å². The molecule has 1 fully saturated rings. The number of rotatable bonds is 6. The molecule has 0 aliphatic carbocycles. The molecule has 1 saturated heterocycles. The van der Waals surface area contributed by atoms with Crippen LogP contribution in [0.15, 0.2) is 72.4 Å². The van der Waals surface area contributed by atoms with E-state index in [1.54, 1.807) is 42.5 Å². The molecule has 3 aromatic rings. The standard InChI is InChI=1S/C26H22F2N2O4/c1-15(2)14-34-18-9-6-16(7-10-18)24(31)22-23(20-5-3-4-12-29-20)30(26(33)25(22)32)21-11-8-17(27)13-19(21)28/h3-13,15,23,31H,14H2,1-2H3/b24-22+. The van der Waals surface area contributed by atoms with Gasteiger partial charge in [-0.3, -0.25) is 19.5 Å². The summed E-state index contributed by atoms with van der Waals surface area (Å²) < 4.78 is 33.8. The number of carbonyl (C=O) groups excluding carboxylic acids is 2. The van der Waals surface area contributed by atoms with E-state index in [4.69, 9.17) is 4.74 Å². The summed E-state index contributed by atoms with van der Waals surface area (Å²) in [5.74, 6) is -3.43. The predicted octanol–water partition coefficient (Wildman–Crippen LogP) is 5.02. The number of nitrogens with zero attached hydrogens (tertiary/aromatic N) is 2. The summed E-state index contributed by atoms with van der Waals surface area (Å²) in [6.45, 7) is 4.54. The molecule has 1 unspecified atom stereocenters. The Morgan fingerprint density at radius 3 is 2.44 bits per heavy atom. The molecule has 0 spiro atoms. The summed E-state index contributed by atoms with van der Waals surface area (Å²) in [5.41, 5.74) is -0.0295. The van der Waals surface area contributed by atoms with E-state index < -0.39 is 35.1 Å². The topological polar surface area (TPSA) is 79.7 Å². The molecule has 4 rings (SSSR count). The first-order chi connectivity index (χ1) is 16.3. The maximum absolute atomic E-state index is 14.7. The van der Waals surface area contributed by atoms with Gasteiger partial charge in [-0.15, -0.1) is 0 Å². The molecule has 0 saturated carbocycles. The highest BCUT2D eigenvalue weighted by Gasteiger charge is 2.48. The van der Waals surface area contributed by atoms with Gasteiger partial charge in [0.1, 0.15) is 29.2 Å². The number of Topliss-reactive ketones (excluding diaryl/α,β-unsaturated/α-hetero) is 1. The molecule has 8 heteroatoms. The third kappa shape index (κ3) is 4.39. The Bertz CT molecular complexity index is 1260. The van der Waals surface area contributed by atoms with E-state index in [1.807, 2.05) is 13.8 Å². The number of ether oxygens (including phenoxy) is 1. The number of hydrogen-bond acceptors (Lipinski definition) is 5. The monoisotopic (exact) mass is 464 g/mol. The molecule has 1 aromatic heterocycles. The van der Waals surface area contributed by atoms with Crippen LogP contribution in [0.3, 0.4) is 0 Å². The summed E-state index contributed by atoms with van der Waals surface area (Å²) >= 11 is 0. The van der Waals surface area contributed by atoms with Crippen molar-refractivity contribution < 1.29 is 28.2 Å². The van der Waals surface area contributed by atoms with Gasteiger partial charge in [0.25, 0.3) is 11.7 Å². The Hall–Kier alpha value is -4.07. The summed E-state index contributed by atoms with van der Waals surface area (Å²) in [7, 11) is 0. The van der Waals surface area contributed by atoms with Gasteiger partial charge in [0.15, 0.2) is 0 Å². The molecule has 34 heavy (non-hydrogen) atoms. The number of hydrogen-bond donors (Lipinski definition) is 1. The molecule has 6 nitrogen and oxygen atoms in total. The second-order valence-electron chi connectivity index (χ2n) is 8.25. The van der Waals surface area contributed by atoms with Crippen molar-refractivity contribution in [3.05, 3.63) is 95.3 Å².